The lowest BCUT2D eigenvalue weighted by Crippen LogP contribution is -2.37. The van der Waals surface area contributed by atoms with Crippen molar-refractivity contribution in [3.63, 3.8) is 0 Å². The largest absolute Gasteiger partial charge is 0.364 e. The number of benzene rings is 1. The van der Waals surface area contributed by atoms with Crippen LogP contribution >= 0.6 is 24.0 Å². The summed E-state index contributed by atoms with van der Waals surface area (Å²) in [6, 6.07) is 8.70. The van der Waals surface area contributed by atoms with Crippen LogP contribution in [0.5, 0.6) is 0 Å². The SMILES string of the molecule is CCCNC(=NCc1ccc(N2CC=CC2)cc1)NCC.I. The van der Waals surface area contributed by atoms with Gasteiger partial charge in [-0.2, -0.15) is 0 Å². The van der Waals surface area contributed by atoms with Crippen LogP contribution in [0.4, 0.5) is 5.69 Å². The number of nitrogens with zero attached hydrogens (tertiary/aromatic N) is 2. The molecule has 22 heavy (non-hydrogen) atoms. The van der Waals surface area contributed by atoms with Crippen LogP contribution in [0.25, 0.3) is 0 Å². The highest BCUT2D eigenvalue weighted by Crippen LogP contribution is 2.17. The van der Waals surface area contributed by atoms with E-state index in [1.165, 1.54) is 11.3 Å². The van der Waals surface area contributed by atoms with Gasteiger partial charge in [0.05, 0.1) is 6.54 Å². The van der Waals surface area contributed by atoms with Gasteiger partial charge in [0, 0.05) is 31.9 Å². The van der Waals surface area contributed by atoms with Crippen LogP contribution in [0.1, 0.15) is 25.8 Å². The molecular formula is C17H27IN4. The Bertz CT molecular complexity index is 474. The van der Waals surface area contributed by atoms with Crippen LogP contribution in [-0.2, 0) is 6.54 Å². The minimum atomic E-state index is 0. The highest BCUT2D eigenvalue weighted by atomic mass is 127. The molecule has 4 nitrogen and oxygen atoms in total. The van der Waals surface area contributed by atoms with E-state index < -0.39 is 0 Å². The molecule has 2 rings (SSSR count). The van der Waals surface area contributed by atoms with Gasteiger partial charge in [0.2, 0.25) is 0 Å². The van der Waals surface area contributed by atoms with Crippen molar-refractivity contribution in [1.29, 1.82) is 0 Å². The van der Waals surface area contributed by atoms with Gasteiger partial charge in [-0.3, -0.25) is 0 Å². The maximum Gasteiger partial charge on any atom is 0.191 e. The molecule has 5 heteroatoms. The van der Waals surface area contributed by atoms with E-state index in [9.17, 15) is 0 Å². The summed E-state index contributed by atoms with van der Waals surface area (Å²) in [5.74, 6) is 0.896. The van der Waals surface area contributed by atoms with Crippen LogP contribution in [0.2, 0.25) is 0 Å². The summed E-state index contributed by atoms with van der Waals surface area (Å²) in [5.41, 5.74) is 2.52. The van der Waals surface area contributed by atoms with E-state index in [-0.39, 0.29) is 24.0 Å². The number of hydrogen-bond acceptors (Lipinski definition) is 2. The second-order valence-electron chi connectivity index (χ2n) is 5.16. The molecule has 0 aliphatic carbocycles. The van der Waals surface area contributed by atoms with Crippen LogP contribution in [0, 0.1) is 0 Å². The molecule has 0 amide bonds. The number of aliphatic imine (C=N–C) groups is 1. The van der Waals surface area contributed by atoms with Crippen molar-refractivity contribution < 1.29 is 0 Å². The summed E-state index contributed by atoms with van der Waals surface area (Å²) in [6.07, 6.45) is 5.52. The third-order valence-corrected chi connectivity index (χ3v) is 3.43. The molecule has 0 bridgehead atoms. The molecule has 0 aromatic heterocycles. The van der Waals surface area contributed by atoms with Gasteiger partial charge in [0.15, 0.2) is 5.96 Å². The summed E-state index contributed by atoms with van der Waals surface area (Å²) < 4.78 is 0. The lowest BCUT2D eigenvalue weighted by atomic mass is 10.2. The van der Waals surface area contributed by atoms with Gasteiger partial charge >= 0.3 is 0 Å². The predicted octanol–water partition coefficient (Wildman–Crippen LogP) is 3.15. The van der Waals surface area contributed by atoms with Crippen LogP contribution < -0.4 is 15.5 Å². The fourth-order valence-electron chi connectivity index (χ4n) is 2.26. The Kier molecular flexibility index (Phi) is 8.96. The van der Waals surface area contributed by atoms with Crippen LogP contribution in [-0.4, -0.2) is 32.1 Å². The smallest absolute Gasteiger partial charge is 0.191 e. The van der Waals surface area contributed by atoms with Crippen molar-refractivity contribution in [3.05, 3.63) is 42.0 Å². The van der Waals surface area contributed by atoms with Gasteiger partial charge in [-0.05, 0) is 31.0 Å². The van der Waals surface area contributed by atoms with E-state index in [4.69, 9.17) is 0 Å². The van der Waals surface area contributed by atoms with E-state index in [2.05, 4.69) is 70.8 Å². The summed E-state index contributed by atoms with van der Waals surface area (Å²) >= 11 is 0. The molecule has 0 radical (unpaired) electrons. The molecule has 1 aliphatic rings. The molecule has 2 N–H and O–H groups in total. The minimum Gasteiger partial charge on any atom is -0.364 e. The lowest BCUT2D eigenvalue weighted by molar-refractivity contribution is 0.785. The molecule has 0 atom stereocenters. The zero-order valence-corrected chi connectivity index (χ0v) is 15.8. The normalized spacial score (nSPS) is 13.9. The van der Waals surface area contributed by atoms with Crippen molar-refractivity contribution in [2.75, 3.05) is 31.1 Å². The van der Waals surface area contributed by atoms with Crippen LogP contribution in [0.3, 0.4) is 0 Å². The highest BCUT2D eigenvalue weighted by Gasteiger charge is 2.06. The Labute approximate surface area is 151 Å². The summed E-state index contributed by atoms with van der Waals surface area (Å²) in [5, 5.41) is 6.59. The molecule has 1 aliphatic heterocycles. The Morgan fingerprint density at radius 3 is 2.36 bits per heavy atom. The monoisotopic (exact) mass is 414 g/mol. The Morgan fingerprint density at radius 1 is 1.09 bits per heavy atom. The number of halogens is 1. The molecule has 1 aromatic carbocycles. The highest BCUT2D eigenvalue weighted by molar-refractivity contribution is 14.0. The first kappa shape index (κ1) is 18.8. The molecule has 122 valence electrons. The first-order chi connectivity index (χ1) is 10.3. The first-order valence-electron chi connectivity index (χ1n) is 7.84. The summed E-state index contributed by atoms with van der Waals surface area (Å²) in [6.45, 7) is 8.82. The molecule has 0 saturated heterocycles. The third-order valence-electron chi connectivity index (χ3n) is 3.43. The zero-order valence-electron chi connectivity index (χ0n) is 13.5. The van der Waals surface area contributed by atoms with E-state index in [1.54, 1.807) is 0 Å². The van der Waals surface area contributed by atoms with E-state index >= 15 is 0 Å². The zero-order chi connectivity index (χ0) is 14.9. The summed E-state index contributed by atoms with van der Waals surface area (Å²) in [4.78, 5) is 6.96. The van der Waals surface area contributed by atoms with Crippen molar-refractivity contribution >= 4 is 35.6 Å². The number of rotatable bonds is 6. The maximum absolute atomic E-state index is 4.62. The topological polar surface area (TPSA) is 39.7 Å². The van der Waals surface area contributed by atoms with Crippen molar-refractivity contribution in [2.45, 2.75) is 26.8 Å². The van der Waals surface area contributed by atoms with Crippen LogP contribution in [0.15, 0.2) is 41.4 Å². The van der Waals surface area contributed by atoms with Crippen molar-refractivity contribution in [2.24, 2.45) is 4.99 Å². The Balaban J connectivity index is 0.00000242. The van der Waals surface area contributed by atoms with Gasteiger partial charge in [-0.1, -0.05) is 31.2 Å². The minimum absolute atomic E-state index is 0. The molecule has 0 fully saturated rings. The maximum atomic E-state index is 4.62. The predicted molar refractivity (Wildman–Crippen MR) is 106 cm³/mol. The Hall–Kier alpha value is -1.24. The fraction of sp³-hybridized carbons (Fsp3) is 0.471. The molecule has 1 heterocycles. The lowest BCUT2D eigenvalue weighted by Gasteiger charge is -2.17. The molecule has 0 unspecified atom stereocenters. The van der Waals surface area contributed by atoms with E-state index in [0.29, 0.717) is 6.54 Å². The number of nitrogens with one attached hydrogen (secondary N) is 2. The number of anilines is 1. The average Bonchev–Trinajstić information content (AvgIpc) is 3.05. The fourth-order valence-corrected chi connectivity index (χ4v) is 2.26. The summed E-state index contributed by atoms with van der Waals surface area (Å²) in [7, 11) is 0. The van der Waals surface area contributed by atoms with Gasteiger partial charge in [-0.15, -0.1) is 24.0 Å². The Morgan fingerprint density at radius 2 is 1.77 bits per heavy atom. The van der Waals surface area contributed by atoms with E-state index in [1.807, 2.05) is 0 Å². The van der Waals surface area contributed by atoms with Gasteiger partial charge in [0.1, 0.15) is 0 Å². The molecule has 0 saturated carbocycles. The standard InChI is InChI=1S/C17H26N4.HI/c1-3-11-19-17(18-4-2)20-14-15-7-9-16(10-8-15)21-12-5-6-13-21;/h5-10H,3-4,11-14H2,1-2H3,(H2,18,19,20);1H. The second-order valence-corrected chi connectivity index (χ2v) is 5.16. The number of guanidine groups is 1. The van der Waals surface area contributed by atoms with E-state index in [0.717, 1.165) is 38.6 Å². The second kappa shape index (κ2) is 10.5. The third kappa shape index (κ3) is 5.87. The first-order valence-corrected chi connectivity index (χ1v) is 7.84. The van der Waals surface area contributed by atoms with Crippen molar-refractivity contribution in [3.8, 4) is 0 Å². The van der Waals surface area contributed by atoms with Gasteiger partial charge in [0.25, 0.3) is 0 Å². The number of hydrogen-bond donors (Lipinski definition) is 2. The van der Waals surface area contributed by atoms with Crippen molar-refractivity contribution in [1.82, 2.24) is 10.6 Å². The quantitative estimate of drug-likeness (QED) is 0.325. The average molecular weight is 414 g/mol. The molecular weight excluding hydrogens is 387 g/mol. The molecule has 0 spiro atoms. The molecule has 1 aromatic rings. The van der Waals surface area contributed by atoms with Gasteiger partial charge in [-0.25, -0.2) is 4.99 Å². The van der Waals surface area contributed by atoms with Gasteiger partial charge < -0.3 is 15.5 Å².